The molecule has 24 heavy (non-hydrogen) atoms. The van der Waals surface area contributed by atoms with E-state index in [1.54, 1.807) is 24.3 Å². The monoisotopic (exact) mass is 403 g/mol. The second-order valence-electron chi connectivity index (χ2n) is 5.17. The lowest BCUT2D eigenvalue weighted by atomic mass is 10.2. The summed E-state index contributed by atoms with van der Waals surface area (Å²) in [6.07, 6.45) is 3.84. The lowest BCUT2D eigenvalue weighted by Crippen LogP contribution is -2.29. The third-order valence-corrected chi connectivity index (χ3v) is 5.46. The maximum absolute atomic E-state index is 12.5. The first-order valence-corrected chi connectivity index (χ1v) is 9.29. The lowest BCUT2D eigenvalue weighted by Gasteiger charge is -2.13. The molecule has 1 fully saturated rings. The zero-order valence-electron chi connectivity index (χ0n) is 12.6. The van der Waals surface area contributed by atoms with Crippen LogP contribution >= 0.6 is 47.2 Å². The van der Waals surface area contributed by atoms with Crippen molar-refractivity contribution < 1.29 is 14.7 Å². The van der Waals surface area contributed by atoms with E-state index in [4.69, 9.17) is 40.5 Å². The molecule has 0 spiro atoms. The van der Waals surface area contributed by atoms with Crippen LogP contribution in [0.4, 0.5) is 0 Å². The molecule has 0 aromatic heterocycles. The zero-order valence-corrected chi connectivity index (χ0v) is 15.8. The van der Waals surface area contributed by atoms with Crippen molar-refractivity contribution in [2.45, 2.75) is 25.7 Å². The summed E-state index contributed by atoms with van der Waals surface area (Å²) in [5.41, 5.74) is 0.600. The van der Waals surface area contributed by atoms with E-state index in [0.717, 1.165) is 6.42 Å². The molecule has 1 aromatic rings. The molecule has 0 bridgehead atoms. The largest absolute Gasteiger partial charge is 0.481 e. The standard InChI is InChI=1S/C16H15Cl2NO3S2/c17-11-5-4-6-12(18)10(11)9-13-15(22)19(16(23)24-13)8-3-1-2-7-14(20)21/h4-6,9H,1-3,7-8H2,(H,20,21)/b13-9+. The molecule has 1 aliphatic rings. The molecule has 8 heteroatoms. The van der Waals surface area contributed by atoms with Gasteiger partial charge in [-0.15, -0.1) is 0 Å². The van der Waals surface area contributed by atoms with Gasteiger partial charge in [0.1, 0.15) is 4.32 Å². The molecule has 1 N–H and O–H groups in total. The first-order chi connectivity index (χ1) is 11.4. The van der Waals surface area contributed by atoms with Crippen LogP contribution in [0.1, 0.15) is 31.2 Å². The molecule has 2 rings (SSSR count). The van der Waals surface area contributed by atoms with Crippen molar-refractivity contribution >= 4 is 69.5 Å². The highest BCUT2D eigenvalue weighted by molar-refractivity contribution is 8.26. The van der Waals surface area contributed by atoms with Crippen molar-refractivity contribution in [3.63, 3.8) is 0 Å². The van der Waals surface area contributed by atoms with Gasteiger partial charge in [-0.1, -0.05) is 59.7 Å². The quantitative estimate of drug-likeness (QED) is 0.400. The maximum Gasteiger partial charge on any atom is 0.303 e. The van der Waals surface area contributed by atoms with Crippen LogP contribution in [0.25, 0.3) is 6.08 Å². The average molecular weight is 404 g/mol. The predicted molar refractivity (Wildman–Crippen MR) is 102 cm³/mol. The Bertz CT molecular complexity index is 686. The third-order valence-electron chi connectivity index (χ3n) is 3.42. The number of carbonyl (C=O) groups is 2. The van der Waals surface area contributed by atoms with Crippen molar-refractivity contribution in [3.05, 3.63) is 38.7 Å². The van der Waals surface area contributed by atoms with E-state index in [9.17, 15) is 9.59 Å². The number of nitrogens with zero attached hydrogens (tertiary/aromatic N) is 1. The minimum absolute atomic E-state index is 0.142. The fourth-order valence-electron chi connectivity index (χ4n) is 2.20. The molecule has 1 amide bonds. The van der Waals surface area contributed by atoms with Gasteiger partial charge in [0.05, 0.1) is 4.91 Å². The molecular formula is C16H15Cl2NO3S2. The van der Waals surface area contributed by atoms with Crippen molar-refractivity contribution in [1.29, 1.82) is 0 Å². The molecule has 0 unspecified atom stereocenters. The van der Waals surface area contributed by atoms with Crippen LogP contribution < -0.4 is 0 Å². The zero-order chi connectivity index (χ0) is 17.7. The van der Waals surface area contributed by atoms with Crippen LogP contribution in [-0.2, 0) is 9.59 Å². The van der Waals surface area contributed by atoms with E-state index in [1.807, 2.05) is 0 Å². The van der Waals surface area contributed by atoms with Gasteiger partial charge in [0.25, 0.3) is 5.91 Å². The van der Waals surface area contributed by atoms with Gasteiger partial charge in [-0.3, -0.25) is 14.5 Å². The van der Waals surface area contributed by atoms with E-state index in [0.29, 0.717) is 44.2 Å². The van der Waals surface area contributed by atoms with E-state index in [1.165, 1.54) is 16.7 Å². The summed E-state index contributed by atoms with van der Waals surface area (Å²) < 4.78 is 0.493. The summed E-state index contributed by atoms with van der Waals surface area (Å²) in [7, 11) is 0. The Morgan fingerprint density at radius 3 is 2.54 bits per heavy atom. The summed E-state index contributed by atoms with van der Waals surface area (Å²) in [6, 6.07) is 5.16. The molecule has 128 valence electrons. The fourth-order valence-corrected chi connectivity index (χ4v) is 3.99. The second kappa shape index (κ2) is 8.85. The Morgan fingerprint density at radius 2 is 1.92 bits per heavy atom. The van der Waals surface area contributed by atoms with Gasteiger partial charge >= 0.3 is 5.97 Å². The van der Waals surface area contributed by atoms with E-state index in [-0.39, 0.29) is 12.3 Å². The van der Waals surface area contributed by atoms with Crippen molar-refractivity contribution in [1.82, 2.24) is 4.90 Å². The summed E-state index contributed by atoms with van der Waals surface area (Å²) in [4.78, 5) is 25.0. The molecule has 0 radical (unpaired) electrons. The molecule has 4 nitrogen and oxygen atoms in total. The molecule has 1 saturated heterocycles. The van der Waals surface area contributed by atoms with E-state index < -0.39 is 5.97 Å². The van der Waals surface area contributed by atoms with Crippen LogP contribution in [0.5, 0.6) is 0 Å². The number of amides is 1. The Balaban J connectivity index is 2.01. The topological polar surface area (TPSA) is 57.6 Å². The summed E-state index contributed by atoms with van der Waals surface area (Å²) >= 11 is 18.7. The molecule has 0 atom stereocenters. The summed E-state index contributed by atoms with van der Waals surface area (Å²) in [5.74, 6) is -0.973. The first-order valence-electron chi connectivity index (χ1n) is 7.31. The van der Waals surface area contributed by atoms with Gasteiger partial charge in [0, 0.05) is 28.6 Å². The minimum atomic E-state index is -0.805. The maximum atomic E-state index is 12.5. The average Bonchev–Trinajstić information content (AvgIpc) is 2.77. The summed E-state index contributed by atoms with van der Waals surface area (Å²) in [5, 5.41) is 9.56. The molecular weight excluding hydrogens is 389 g/mol. The van der Waals surface area contributed by atoms with Gasteiger partial charge in [-0.2, -0.15) is 0 Å². The molecule has 1 aromatic carbocycles. The highest BCUT2D eigenvalue weighted by Crippen LogP contribution is 2.35. The number of halogens is 2. The van der Waals surface area contributed by atoms with Crippen LogP contribution in [0.2, 0.25) is 10.0 Å². The number of carbonyl (C=O) groups excluding carboxylic acids is 1. The summed E-state index contributed by atoms with van der Waals surface area (Å²) in [6.45, 7) is 0.484. The molecule has 1 aliphatic heterocycles. The Morgan fingerprint density at radius 1 is 1.25 bits per heavy atom. The van der Waals surface area contributed by atoms with E-state index >= 15 is 0 Å². The van der Waals surface area contributed by atoms with Gasteiger partial charge in [0.2, 0.25) is 0 Å². The van der Waals surface area contributed by atoms with Gasteiger partial charge in [-0.05, 0) is 31.1 Å². The number of benzene rings is 1. The van der Waals surface area contributed by atoms with Crippen LogP contribution in [-0.4, -0.2) is 32.7 Å². The number of thioether (sulfide) groups is 1. The highest BCUT2D eigenvalue weighted by Gasteiger charge is 2.31. The number of unbranched alkanes of at least 4 members (excludes halogenated alkanes) is 2. The smallest absolute Gasteiger partial charge is 0.303 e. The van der Waals surface area contributed by atoms with Crippen LogP contribution in [0.15, 0.2) is 23.1 Å². The number of hydrogen-bond donors (Lipinski definition) is 1. The van der Waals surface area contributed by atoms with Gasteiger partial charge in [-0.25, -0.2) is 0 Å². The van der Waals surface area contributed by atoms with Gasteiger partial charge in [0.15, 0.2) is 0 Å². The fraction of sp³-hybridized carbons (Fsp3) is 0.312. The van der Waals surface area contributed by atoms with Gasteiger partial charge < -0.3 is 5.11 Å². The van der Waals surface area contributed by atoms with E-state index in [2.05, 4.69) is 0 Å². The van der Waals surface area contributed by atoms with Crippen molar-refractivity contribution in [2.75, 3.05) is 6.54 Å². The molecule has 0 saturated carbocycles. The minimum Gasteiger partial charge on any atom is -0.481 e. The SMILES string of the molecule is O=C(O)CCCCCN1C(=O)/C(=C\c2c(Cl)cccc2Cl)SC1=S. The Labute approximate surface area is 159 Å². The number of thiocarbonyl (C=S) groups is 1. The predicted octanol–water partition coefficient (Wildman–Crippen LogP) is 4.84. The highest BCUT2D eigenvalue weighted by atomic mass is 35.5. The number of aliphatic carboxylic acids is 1. The van der Waals surface area contributed by atoms with Crippen LogP contribution in [0.3, 0.4) is 0 Å². The number of hydrogen-bond acceptors (Lipinski definition) is 4. The normalized spacial score (nSPS) is 16.2. The third kappa shape index (κ3) is 4.96. The molecule has 0 aliphatic carbocycles. The van der Waals surface area contributed by atoms with Crippen molar-refractivity contribution in [3.8, 4) is 0 Å². The Hall–Kier alpha value is -1.08. The number of rotatable bonds is 7. The van der Waals surface area contributed by atoms with Crippen LogP contribution in [0, 0.1) is 0 Å². The second-order valence-corrected chi connectivity index (χ2v) is 7.66. The Kier molecular flexibility index (Phi) is 7.10. The van der Waals surface area contributed by atoms with Crippen molar-refractivity contribution in [2.24, 2.45) is 0 Å². The lowest BCUT2D eigenvalue weighted by molar-refractivity contribution is -0.137. The number of carboxylic acid groups (broad SMARTS) is 1. The first kappa shape index (κ1) is 19.2. The molecule has 1 heterocycles. The number of carboxylic acids is 1.